The summed E-state index contributed by atoms with van der Waals surface area (Å²) < 4.78 is 27.0. The monoisotopic (exact) mass is 285 g/mol. The summed E-state index contributed by atoms with van der Waals surface area (Å²) in [6.07, 6.45) is 2.15. The van der Waals surface area contributed by atoms with Crippen LogP contribution in [0.2, 0.25) is 0 Å². The molecule has 2 aromatic heterocycles. The smallest absolute Gasteiger partial charge is 0.237 e. The Morgan fingerprint density at radius 3 is 2.57 bits per heavy atom. The number of hydrogen-bond acceptors (Lipinski definition) is 2. The van der Waals surface area contributed by atoms with Crippen molar-refractivity contribution in [3.8, 4) is 0 Å². The average molecular weight is 285 g/mol. The summed E-state index contributed by atoms with van der Waals surface area (Å²) in [5.74, 6) is 0.763. The van der Waals surface area contributed by atoms with Crippen molar-refractivity contribution in [3.05, 3.63) is 65.6 Å². The molecular formula is C16H13F2N3. The van der Waals surface area contributed by atoms with Crippen LogP contribution >= 0.6 is 0 Å². The van der Waals surface area contributed by atoms with Crippen molar-refractivity contribution in [2.75, 3.05) is 0 Å². The normalized spacial score (nSPS) is 21.1. The van der Waals surface area contributed by atoms with Gasteiger partial charge in [0.25, 0.3) is 6.43 Å². The minimum atomic E-state index is -2.40. The number of fused-ring (bicyclic) bond motifs is 1. The van der Waals surface area contributed by atoms with Gasteiger partial charge in [0.1, 0.15) is 0 Å². The van der Waals surface area contributed by atoms with Crippen molar-refractivity contribution in [3.63, 3.8) is 0 Å². The summed E-state index contributed by atoms with van der Waals surface area (Å²) in [6.45, 7) is 0. The maximum absolute atomic E-state index is 12.6. The van der Waals surface area contributed by atoms with Crippen molar-refractivity contribution in [2.45, 2.75) is 24.7 Å². The van der Waals surface area contributed by atoms with E-state index in [1.54, 1.807) is 12.4 Å². The van der Waals surface area contributed by atoms with Crippen LogP contribution in [0.25, 0.3) is 5.65 Å². The highest BCUT2D eigenvalue weighted by Crippen LogP contribution is 2.54. The lowest BCUT2D eigenvalue weighted by Gasteiger charge is -2.05. The molecule has 1 aliphatic carbocycles. The van der Waals surface area contributed by atoms with Crippen molar-refractivity contribution in [1.29, 1.82) is 0 Å². The molecule has 0 amide bonds. The van der Waals surface area contributed by atoms with E-state index in [9.17, 15) is 8.78 Å². The van der Waals surface area contributed by atoms with Gasteiger partial charge in [0.15, 0.2) is 5.65 Å². The van der Waals surface area contributed by atoms with Crippen LogP contribution in [-0.4, -0.2) is 14.6 Å². The van der Waals surface area contributed by atoms with Crippen LogP contribution in [0.1, 0.15) is 41.5 Å². The zero-order valence-corrected chi connectivity index (χ0v) is 11.2. The molecule has 3 aromatic rings. The molecule has 2 heterocycles. The third-order valence-electron chi connectivity index (χ3n) is 4.11. The average Bonchev–Trinajstić information content (AvgIpc) is 3.15. The van der Waals surface area contributed by atoms with E-state index in [4.69, 9.17) is 0 Å². The number of hydrogen-bond donors (Lipinski definition) is 0. The largest absolute Gasteiger partial charge is 0.263 e. The Balaban J connectivity index is 1.62. The maximum Gasteiger partial charge on any atom is 0.263 e. The first-order valence-electron chi connectivity index (χ1n) is 6.90. The highest BCUT2D eigenvalue weighted by atomic mass is 19.3. The molecule has 21 heavy (non-hydrogen) atoms. The Kier molecular flexibility index (Phi) is 2.74. The zero-order chi connectivity index (χ0) is 14.4. The minimum Gasteiger partial charge on any atom is -0.237 e. The van der Waals surface area contributed by atoms with Gasteiger partial charge in [-0.3, -0.25) is 0 Å². The second-order valence-corrected chi connectivity index (χ2v) is 5.39. The van der Waals surface area contributed by atoms with Gasteiger partial charge in [0.2, 0.25) is 0 Å². The second-order valence-electron chi connectivity index (χ2n) is 5.39. The number of rotatable bonds is 3. The van der Waals surface area contributed by atoms with Gasteiger partial charge in [-0.05, 0) is 24.0 Å². The SMILES string of the molecule is FC(F)c1ccc([C@H]2C[C@@H]2c2ccnc3ccnn23)cc1. The molecule has 4 rings (SSSR count). The van der Waals surface area contributed by atoms with Gasteiger partial charge < -0.3 is 0 Å². The highest BCUT2D eigenvalue weighted by molar-refractivity contribution is 5.41. The summed E-state index contributed by atoms with van der Waals surface area (Å²) in [6, 6.07) is 10.5. The molecular weight excluding hydrogens is 272 g/mol. The quantitative estimate of drug-likeness (QED) is 0.729. The van der Waals surface area contributed by atoms with Gasteiger partial charge >= 0.3 is 0 Å². The molecule has 1 aliphatic rings. The molecule has 0 saturated heterocycles. The van der Waals surface area contributed by atoms with E-state index >= 15 is 0 Å². The molecule has 2 atom stereocenters. The van der Waals surface area contributed by atoms with Gasteiger partial charge in [-0.15, -0.1) is 0 Å². The third kappa shape index (κ3) is 2.09. The van der Waals surface area contributed by atoms with E-state index < -0.39 is 6.43 Å². The van der Waals surface area contributed by atoms with Gasteiger partial charge in [-0.25, -0.2) is 18.3 Å². The molecule has 1 fully saturated rings. The van der Waals surface area contributed by atoms with Crippen molar-refractivity contribution in [1.82, 2.24) is 14.6 Å². The standard InChI is InChI=1S/C16H13F2N3/c17-16(18)11-3-1-10(2-4-11)12-9-13(12)14-5-7-19-15-6-8-20-21(14)15/h1-8,12-13,16H,9H2/t12-,13+/m1/s1. The molecule has 0 aliphatic heterocycles. The molecule has 3 nitrogen and oxygen atoms in total. The molecule has 0 unspecified atom stereocenters. The van der Waals surface area contributed by atoms with Gasteiger partial charge in [-0.1, -0.05) is 24.3 Å². The van der Waals surface area contributed by atoms with Crippen molar-refractivity contribution in [2.24, 2.45) is 0 Å². The fourth-order valence-corrected chi connectivity index (χ4v) is 2.91. The van der Waals surface area contributed by atoms with Crippen molar-refractivity contribution < 1.29 is 8.78 Å². The molecule has 0 radical (unpaired) electrons. The Labute approximate surface area is 120 Å². The fraction of sp³-hybridized carbons (Fsp3) is 0.250. The second kappa shape index (κ2) is 4.62. The lowest BCUT2D eigenvalue weighted by molar-refractivity contribution is 0.151. The molecule has 0 N–H and O–H groups in total. The molecule has 106 valence electrons. The number of nitrogens with zero attached hydrogens (tertiary/aromatic N) is 3. The van der Waals surface area contributed by atoms with Crippen LogP contribution in [-0.2, 0) is 0 Å². The number of aromatic nitrogens is 3. The van der Waals surface area contributed by atoms with E-state index in [-0.39, 0.29) is 5.56 Å². The minimum absolute atomic E-state index is 0.0781. The summed E-state index contributed by atoms with van der Waals surface area (Å²) in [4.78, 5) is 4.26. The maximum atomic E-state index is 12.6. The first kappa shape index (κ1) is 12.4. The van der Waals surface area contributed by atoms with Gasteiger partial charge in [-0.2, -0.15) is 5.10 Å². The van der Waals surface area contributed by atoms with Crippen LogP contribution in [0, 0.1) is 0 Å². The summed E-state index contributed by atoms with van der Waals surface area (Å²) in [5.41, 5.74) is 3.16. The molecule has 0 spiro atoms. The van der Waals surface area contributed by atoms with E-state index in [1.807, 2.05) is 28.8 Å². The molecule has 5 heteroatoms. The number of alkyl halides is 2. The Morgan fingerprint density at radius 1 is 1.00 bits per heavy atom. The summed E-state index contributed by atoms with van der Waals surface area (Å²) in [5, 5.41) is 4.30. The first-order valence-corrected chi connectivity index (χ1v) is 6.90. The van der Waals surface area contributed by atoms with Crippen molar-refractivity contribution >= 4 is 5.65 Å². The van der Waals surface area contributed by atoms with Crippen LogP contribution in [0.3, 0.4) is 0 Å². The van der Waals surface area contributed by atoms with Gasteiger partial charge in [0, 0.05) is 29.4 Å². The predicted octanol–water partition coefficient (Wildman–Crippen LogP) is 3.94. The lowest BCUT2D eigenvalue weighted by atomic mass is 10.1. The number of benzene rings is 1. The number of halogens is 2. The zero-order valence-electron chi connectivity index (χ0n) is 11.2. The highest BCUT2D eigenvalue weighted by Gasteiger charge is 2.41. The summed E-state index contributed by atoms with van der Waals surface area (Å²) in [7, 11) is 0. The predicted molar refractivity (Wildman–Crippen MR) is 74.5 cm³/mol. The molecule has 0 bridgehead atoms. The van der Waals surface area contributed by atoms with E-state index in [2.05, 4.69) is 10.1 Å². The first-order chi connectivity index (χ1) is 10.2. The molecule has 1 aromatic carbocycles. The van der Waals surface area contributed by atoms with Crippen LogP contribution in [0.5, 0.6) is 0 Å². The third-order valence-corrected chi connectivity index (χ3v) is 4.11. The Morgan fingerprint density at radius 2 is 1.81 bits per heavy atom. The van der Waals surface area contributed by atoms with Crippen LogP contribution in [0.4, 0.5) is 8.78 Å². The van der Waals surface area contributed by atoms with Crippen LogP contribution in [0.15, 0.2) is 48.8 Å². The fourth-order valence-electron chi connectivity index (χ4n) is 2.91. The Bertz CT molecular complexity index is 780. The molecule has 1 saturated carbocycles. The van der Waals surface area contributed by atoms with E-state index in [0.29, 0.717) is 11.8 Å². The van der Waals surface area contributed by atoms with E-state index in [1.165, 1.54) is 12.1 Å². The van der Waals surface area contributed by atoms with Gasteiger partial charge in [0.05, 0.1) is 6.20 Å². The van der Waals surface area contributed by atoms with E-state index in [0.717, 1.165) is 23.3 Å². The summed E-state index contributed by atoms with van der Waals surface area (Å²) >= 11 is 0. The Hall–Kier alpha value is -2.30. The topological polar surface area (TPSA) is 30.2 Å². The van der Waals surface area contributed by atoms with Crippen LogP contribution < -0.4 is 0 Å². The lowest BCUT2D eigenvalue weighted by Crippen LogP contribution is -1.98.